The van der Waals surface area contributed by atoms with Gasteiger partial charge in [0.25, 0.3) is 0 Å². The van der Waals surface area contributed by atoms with Crippen molar-refractivity contribution in [3.05, 3.63) is 82.9 Å². The zero-order valence-electron chi connectivity index (χ0n) is 18.8. The molecule has 160 valence electrons. The summed E-state index contributed by atoms with van der Waals surface area (Å²) in [6, 6.07) is 15.7. The van der Waals surface area contributed by atoms with Crippen LogP contribution in [0, 0.1) is 0 Å². The fourth-order valence-corrected chi connectivity index (χ4v) is 3.29. The summed E-state index contributed by atoms with van der Waals surface area (Å²) in [5, 5.41) is 0. The number of carbonyl (C=O) groups is 2. The number of rotatable bonds is 6. The Balaban J connectivity index is 1.90. The van der Waals surface area contributed by atoms with Gasteiger partial charge in [-0.1, -0.05) is 90.1 Å². The van der Waals surface area contributed by atoms with Gasteiger partial charge < -0.3 is 9.47 Å². The molecule has 0 spiro atoms. The van der Waals surface area contributed by atoms with Crippen LogP contribution in [-0.2, 0) is 43.1 Å². The molecule has 4 heteroatoms. The van der Waals surface area contributed by atoms with Crippen LogP contribution in [0.3, 0.4) is 0 Å². The Hall–Kier alpha value is -2.88. The van der Waals surface area contributed by atoms with Crippen molar-refractivity contribution in [2.45, 2.75) is 65.6 Å². The van der Waals surface area contributed by atoms with Crippen molar-refractivity contribution in [2.75, 3.05) is 0 Å². The predicted molar refractivity (Wildman–Crippen MR) is 119 cm³/mol. The number of carbonyl (C=O) groups excluding carboxylic acids is 2. The van der Waals surface area contributed by atoms with Crippen LogP contribution in [0.5, 0.6) is 0 Å². The summed E-state index contributed by atoms with van der Waals surface area (Å²) in [4.78, 5) is 24.0. The third kappa shape index (κ3) is 6.87. The van der Waals surface area contributed by atoms with Crippen LogP contribution in [0.1, 0.15) is 63.8 Å². The van der Waals surface area contributed by atoms with Crippen LogP contribution >= 0.6 is 0 Å². The lowest BCUT2D eigenvalue weighted by Gasteiger charge is -2.22. The van der Waals surface area contributed by atoms with Crippen molar-refractivity contribution in [3.63, 3.8) is 0 Å². The van der Waals surface area contributed by atoms with E-state index in [-0.39, 0.29) is 24.0 Å². The van der Waals surface area contributed by atoms with Crippen LogP contribution in [-0.4, -0.2) is 11.9 Å². The molecule has 0 unspecified atom stereocenters. The molecule has 0 N–H and O–H groups in total. The second-order valence-corrected chi connectivity index (χ2v) is 9.36. The number of esters is 2. The van der Waals surface area contributed by atoms with Gasteiger partial charge in [-0.25, -0.2) is 9.59 Å². The van der Waals surface area contributed by atoms with Gasteiger partial charge in [0, 0.05) is 12.2 Å². The van der Waals surface area contributed by atoms with E-state index in [0.717, 1.165) is 34.4 Å². The van der Waals surface area contributed by atoms with Crippen LogP contribution < -0.4 is 0 Å². The molecule has 0 atom stereocenters. The molecule has 2 rings (SSSR count). The average Bonchev–Trinajstić information content (AvgIpc) is 2.68. The minimum Gasteiger partial charge on any atom is -0.458 e. The van der Waals surface area contributed by atoms with Crippen molar-refractivity contribution in [1.29, 1.82) is 0 Å². The molecule has 0 saturated heterocycles. The third-order valence-corrected chi connectivity index (χ3v) is 4.75. The molecule has 0 bridgehead atoms. The van der Waals surface area contributed by atoms with Crippen molar-refractivity contribution >= 4 is 11.9 Å². The van der Waals surface area contributed by atoms with Crippen LogP contribution in [0.25, 0.3) is 0 Å². The van der Waals surface area contributed by atoms with E-state index in [2.05, 4.69) is 41.5 Å². The Morgan fingerprint density at radius 2 is 1.00 bits per heavy atom. The number of hydrogen-bond donors (Lipinski definition) is 0. The maximum Gasteiger partial charge on any atom is 0.331 e. The summed E-state index contributed by atoms with van der Waals surface area (Å²) in [5.74, 6) is -1.16. The molecule has 0 radical (unpaired) electrons. The van der Waals surface area contributed by atoms with Gasteiger partial charge in [-0.3, -0.25) is 0 Å². The fraction of sp³-hybridized carbons (Fsp3) is 0.385. The minimum atomic E-state index is -0.578. The summed E-state index contributed by atoms with van der Waals surface area (Å²) < 4.78 is 10.6. The van der Waals surface area contributed by atoms with Crippen LogP contribution in [0.4, 0.5) is 0 Å². The van der Waals surface area contributed by atoms with Gasteiger partial charge in [0.1, 0.15) is 13.2 Å². The monoisotopic (exact) mass is 408 g/mol. The molecule has 0 heterocycles. The lowest BCUT2D eigenvalue weighted by Crippen LogP contribution is -2.15. The topological polar surface area (TPSA) is 52.6 Å². The second-order valence-electron chi connectivity index (χ2n) is 9.36. The molecule has 30 heavy (non-hydrogen) atoms. The number of benzene rings is 2. The largest absolute Gasteiger partial charge is 0.458 e. The molecule has 0 aromatic heterocycles. The van der Waals surface area contributed by atoms with E-state index in [1.807, 2.05) is 48.5 Å². The summed E-state index contributed by atoms with van der Waals surface area (Å²) in [7, 11) is 0. The van der Waals surface area contributed by atoms with Gasteiger partial charge in [0.2, 0.25) is 0 Å². The molecule has 0 aliphatic heterocycles. The van der Waals surface area contributed by atoms with Gasteiger partial charge in [-0.05, 0) is 33.1 Å². The van der Waals surface area contributed by atoms with E-state index in [1.54, 1.807) is 0 Å². The maximum atomic E-state index is 12.0. The van der Waals surface area contributed by atoms with Crippen LogP contribution in [0.15, 0.2) is 60.7 Å². The molecule has 2 aromatic rings. The van der Waals surface area contributed by atoms with E-state index in [0.29, 0.717) is 0 Å². The SMILES string of the molecule is CC(C)(C)c1ccccc1COC(=O)/C=C/C(=O)OCc1ccccc1C(C)(C)C. The van der Waals surface area contributed by atoms with E-state index in [4.69, 9.17) is 9.47 Å². The van der Waals surface area contributed by atoms with Crippen molar-refractivity contribution in [3.8, 4) is 0 Å². The smallest absolute Gasteiger partial charge is 0.331 e. The third-order valence-electron chi connectivity index (χ3n) is 4.75. The standard InChI is InChI=1S/C26H32O4/c1-25(2,3)21-13-9-7-11-19(21)17-29-23(27)15-16-24(28)30-18-20-12-8-10-14-22(20)26(4,5)6/h7-16H,17-18H2,1-6H3/b16-15+. The van der Waals surface area contributed by atoms with Gasteiger partial charge in [-0.2, -0.15) is 0 Å². The zero-order valence-corrected chi connectivity index (χ0v) is 18.8. The first-order chi connectivity index (χ1) is 14.0. The van der Waals surface area contributed by atoms with Gasteiger partial charge in [0.15, 0.2) is 0 Å². The number of ether oxygens (including phenoxy) is 2. The average molecular weight is 409 g/mol. The molecule has 2 aromatic carbocycles. The Morgan fingerprint density at radius 3 is 1.33 bits per heavy atom. The highest BCUT2D eigenvalue weighted by molar-refractivity contribution is 5.91. The first-order valence-electron chi connectivity index (χ1n) is 10.2. The Kier molecular flexibility index (Phi) is 7.60. The highest BCUT2D eigenvalue weighted by Crippen LogP contribution is 2.27. The van der Waals surface area contributed by atoms with Crippen LogP contribution in [0.2, 0.25) is 0 Å². The molecule has 0 aliphatic rings. The summed E-state index contributed by atoms with van der Waals surface area (Å²) in [6.07, 6.45) is 2.22. The van der Waals surface area contributed by atoms with E-state index >= 15 is 0 Å². The van der Waals surface area contributed by atoms with E-state index in [9.17, 15) is 9.59 Å². The van der Waals surface area contributed by atoms with Gasteiger partial charge >= 0.3 is 11.9 Å². The van der Waals surface area contributed by atoms with Crippen molar-refractivity contribution < 1.29 is 19.1 Å². The summed E-state index contributed by atoms with van der Waals surface area (Å²) >= 11 is 0. The van der Waals surface area contributed by atoms with Gasteiger partial charge in [0.05, 0.1) is 0 Å². The first kappa shape index (κ1) is 23.4. The summed E-state index contributed by atoms with van der Waals surface area (Å²) in [5.41, 5.74) is 4.05. The molecule has 0 saturated carbocycles. The fourth-order valence-electron chi connectivity index (χ4n) is 3.29. The molecular formula is C26H32O4. The normalized spacial score (nSPS) is 12.1. The van der Waals surface area contributed by atoms with Crippen molar-refractivity contribution in [2.24, 2.45) is 0 Å². The molecule has 4 nitrogen and oxygen atoms in total. The molecule has 0 fully saturated rings. The lowest BCUT2D eigenvalue weighted by atomic mass is 9.84. The van der Waals surface area contributed by atoms with Gasteiger partial charge in [-0.15, -0.1) is 0 Å². The molecule has 0 amide bonds. The second kappa shape index (κ2) is 9.75. The number of hydrogen-bond acceptors (Lipinski definition) is 4. The Bertz CT molecular complexity index is 836. The first-order valence-corrected chi connectivity index (χ1v) is 10.2. The zero-order chi connectivity index (χ0) is 22.4. The summed E-state index contributed by atoms with van der Waals surface area (Å²) in [6.45, 7) is 13.0. The lowest BCUT2D eigenvalue weighted by molar-refractivity contribution is -0.141. The molecular weight excluding hydrogens is 376 g/mol. The van der Waals surface area contributed by atoms with E-state index in [1.165, 1.54) is 0 Å². The predicted octanol–water partition coefficient (Wildman–Crippen LogP) is 5.62. The highest BCUT2D eigenvalue weighted by atomic mass is 16.5. The van der Waals surface area contributed by atoms with E-state index < -0.39 is 11.9 Å². The maximum absolute atomic E-state index is 12.0. The van der Waals surface area contributed by atoms with Crippen molar-refractivity contribution in [1.82, 2.24) is 0 Å². The molecule has 0 aliphatic carbocycles. The quantitative estimate of drug-likeness (QED) is 0.459. The Labute approximate surface area is 179 Å². The highest BCUT2D eigenvalue weighted by Gasteiger charge is 2.19. The minimum absolute atomic E-state index is 0.0496. The Morgan fingerprint density at radius 1 is 0.667 bits per heavy atom.